The molecule has 1 N–H and O–H groups in total. The summed E-state index contributed by atoms with van der Waals surface area (Å²) in [5.74, 6) is 0. The van der Waals surface area contributed by atoms with E-state index in [1.165, 1.54) is 11.4 Å². The van der Waals surface area contributed by atoms with Gasteiger partial charge < -0.3 is 10.2 Å². The molecule has 2 heteroatoms. The maximum Gasteiger partial charge on any atom is 0.0645 e. The molecule has 0 unspecified atom stereocenters. The van der Waals surface area contributed by atoms with Crippen molar-refractivity contribution < 1.29 is 0 Å². The Labute approximate surface area is 72.5 Å². The zero-order valence-electron chi connectivity index (χ0n) is 7.12. The number of hydrogen-bond acceptors (Lipinski definition) is 2. The van der Waals surface area contributed by atoms with E-state index in [2.05, 4.69) is 41.5 Å². The number of nitrogens with one attached hydrogen (secondary N) is 1. The van der Waals surface area contributed by atoms with Crippen molar-refractivity contribution in [3.63, 3.8) is 0 Å². The molecule has 2 nitrogen and oxygen atoms in total. The lowest BCUT2D eigenvalue weighted by Crippen LogP contribution is -2.19. The minimum atomic E-state index is 1.01. The lowest BCUT2D eigenvalue weighted by molar-refractivity contribution is 1.01. The molecule has 0 aromatic heterocycles. The molecule has 2 rings (SSSR count). The van der Waals surface area contributed by atoms with Gasteiger partial charge in [0, 0.05) is 18.9 Å². The number of rotatable bonds is 1. The zero-order chi connectivity index (χ0) is 8.39. The fourth-order valence-corrected chi connectivity index (χ4v) is 1.42. The molecule has 62 valence electrons. The molecule has 1 heterocycles. The molecular weight excluding hydrogens is 148 g/mol. The molecule has 0 fully saturated rings. The third-order valence-electron chi connectivity index (χ3n) is 2.05. The normalized spacial score (nSPS) is 13.9. The molecule has 12 heavy (non-hydrogen) atoms. The van der Waals surface area contributed by atoms with Crippen LogP contribution in [0.25, 0.3) is 0 Å². The second-order valence-electron chi connectivity index (χ2n) is 2.76. The number of nitrogens with zero attached hydrogens (tertiary/aromatic N) is 1. The van der Waals surface area contributed by atoms with Crippen LogP contribution in [0.5, 0.6) is 0 Å². The van der Waals surface area contributed by atoms with E-state index >= 15 is 0 Å². The molecular formula is C10H12N2. The summed E-state index contributed by atoms with van der Waals surface area (Å²) >= 11 is 0. The van der Waals surface area contributed by atoms with Gasteiger partial charge in [0.15, 0.2) is 0 Å². The molecule has 1 aliphatic rings. The number of anilines is 2. The Balaban J connectivity index is 2.43. The molecule has 1 aliphatic heterocycles. The monoisotopic (exact) mass is 160 g/mol. The van der Waals surface area contributed by atoms with Crippen LogP contribution in [0.15, 0.2) is 36.7 Å². The van der Waals surface area contributed by atoms with Gasteiger partial charge >= 0.3 is 0 Å². The number of benzene rings is 1. The van der Waals surface area contributed by atoms with Crippen molar-refractivity contribution in [3.05, 3.63) is 36.7 Å². The quantitative estimate of drug-likeness (QED) is 0.678. The smallest absolute Gasteiger partial charge is 0.0645 e. The summed E-state index contributed by atoms with van der Waals surface area (Å²) in [6.07, 6.45) is 4.02. The van der Waals surface area contributed by atoms with Gasteiger partial charge in [-0.2, -0.15) is 0 Å². The first kappa shape index (κ1) is 7.22. The lowest BCUT2D eigenvalue weighted by atomic mass is 10.2. The highest BCUT2D eigenvalue weighted by molar-refractivity contribution is 5.74. The van der Waals surface area contributed by atoms with E-state index in [4.69, 9.17) is 0 Å². The Morgan fingerprint density at radius 1 is 1.33 bits per heavy atom. The Kier molecular flexibility index (Phi) is 1.74. The molecule has 0 amide bonds. The lowest BCUT2D eigenvalue weighted by Gasteiger charge is -2.25. The molecule has 0 radical (unpaired) electrons. The van der Waals surface area contributed by atoms with E-state index < -0.39 is 0 Å². The van der Waals surface area contributed by atoms with Gasteiger partial charge in [-0.15, -0.1) is 0 Å². The van der Waals surface area contributed by atoms with Crippen molar-refractivity contribution in [1.82, 2.24) is 0 Å². The van der Waals surface area contributed by atoms with Crippen molar-refractivity contribution in [3.8, 4) is 0 Å². The maximum absolute atomic E-state index is 3.20. The van der Waals surface area contributed by atoms with E-state index in [1.54, 1.807) is 0 Å². The fraction of sp³-hybridized carbons (Fsp3) is 0.200. The van der Waals surface area contributed by atoms with Gasteiger partial charge in [-0.3, -0.25) is 0 Å². The van der Waals surface area contributed by atoms with Crippen molar-refractivity contribution >= 4 is 11.4 Å². The van der Waals surface area contributed by atoms with Gasteiger partial charge in [0.05, 0.1) is 11.4 Å². The van der Waals surface area contributed by atoms with E-state index in [-0.39, 0.29) is 0 Å². The third kappa shape index (κ3) is 1.05. The predicted octanol–water partition coefficient (Wildman–Crippen LogP) is 2.41. The van der Waals surface area contributed by atoms with Gasteiger partial charge in [0.25, 0.3) is 0 Å². The minimum absolute atomic E-state index is 1.01. The molecule has 1 aromatic carbocycles. The standard InChI is InChI=1S/C10H12N2/c1-2-12-8-7-11-9-5-3-4-6-10(9)12/h3-8,11H,2H2,1H3. The van der Waals surface area contributed by atoms with Crippen LogP contribution in [0.1, 0.15) is 6.92 Å². The first-order valence-corrected chi connectivity index (χ1v) is 4.20. The topological polar surface area (TPSA) is 15.3 Å². The average molecular weight is 160 g/mol. The van der Waals surface area contributed by atoms with E-state index in [1.807, 2.05) is 12.3 Å². The highest BCUT2D eigenvalue weighted by atomic mass is 15.2. The SMILES string of the molecule is CCN1C=CNc2ccccc21. The second-order valence-corrected chi connectivity index (χ2v) is 2.76. The molecule has 0 saturated carbocycles. The van der Waals surface area contributed by atoms with Crippen LogP contribution < -0.4 is 10.2 Å². The highest BCUT2D eigenvalue weighted by Gasteiger charge is 2.08. The molecule has 0 aliphatic carbocycles. The first-order chi connectivity index (χ1) is 5.92. The summed E-state index contributed by atoms with van der Waals surface area (Å²) in [5.41, 5.74) is 2.43. The van der Waals surface area contributed by atoms with Gasteiger partial charge in [0.1, 0.15) is 0 Å². The van der Waals surface area contributed by atoms with E-state index in [0.717, 1.165) is 6.54 Å². The second kappa shape index (κ2) is 2.89. The third-order valence-corrected chi connectivity index (χ3v) is 2.05. The molecule has 0 bridgehead atoms. The summed E-state index contributed by atoms with van der Waals surface area (Å²) in [4.78, 5) is 2.21. The summed E-state index contributed by atoms with van der Waals surface area (Å²) in [6.45, 7) is 3.15. The Morgan fingerprint density at radius 3 is 3.00 bits per heavy atom. The van der Waals surface area contributed by atoms with Crippen LogP contribution in [-0.2, 0) is 0 Å². The van der Waals surface area contributed by atoms with Crippen molar-refractivity contribution in [2.75, 3.05) is 16.8 Å². The maximum atomic E-state index is 3.20. The van der Waals surface area contributed by atoms with Gasteiger partial charge in [0.2, 0.25) is 0 Å². The molecule has 0 atom stereocenters. The van der Waals surface area contributed by atoms with Crippen molar-refractivity contribution in [1.29, 1.82) is 0 Å². The van der Waals surface area contributed by atoms with Crippen LogP contribution in [0.3, 0.4) is 0 Å². The number of hydrogen-bond donors (Lipinski definition) is 1. The van der Waals surface area contributed by atoms with Crippen molar-refractivity contribution in [2.45, 2.75) is 6.92 Å². The number of fused-ring (bicyclic) bond motifs is 1. The largest absolute Gasteiger partial charge is 0.359 e. The van der Waals surface area contributed by atoms with Gasteiger partial charge in [-0.05, 0) is 19.1 Å². The summed E-state index contributed by atoms with van der Waals surface area (Å²) < 4.78 is 0. The van der Waals surface area contributed by atoms with Gasteiger partial charge in [-0.25, -0.2) is 0 Å². The van der Waals surface area contributed by atoms with Crippen LogP contribution in [-0.4, -0.2) is 6.54 Å². The van der Waals surface area contributed by atoms with Gasteiger partial charge in [-0.1, -0.05) is 12.1 Å². The van der Waals surface area contributed by atoms with Crippen LogP contribution in [0, 0.1) is 0 Å². The molecule has 0 spiro atoms. The average Bonchev–Trinajstić information content (AvgIpc) is 2.17. The first-order valence-electron chi connectivity index (χ1n) is 4.20. The zero-order valence-corrected chi connectivity index (χ0v) is 7.12. The fourth-order valence-electron chi connectivity index (χ4n) is 1.42. The Morgan fingerprint density at radius 2 is 2.17 bits per heavy atom. The van der Waals surface area contributed by atoms with Crippen LogP contribution >= 0.6 is 0 Å². The van der Waals surface area contributed by atoms with E-state index in [0.29, 0.717) is 0 Å². The van der Waals surface area contributed by atoms with Crippen molar-refractivity contribution in [2.24, 2.45) is 0 Å². The Hall–Kier alpha value is -1.44. The molecule has 1 aromatic rings. The minimum Gasteiger partial charge on any atom is -0.359 e. The summed E-state index contributed by atoms with van der Waals surface area (Å²) in [7, 11) is 0. The Bertz CT molecular complexity index is 304. The number of para-hydroxylation sites is 2. The predicted molar refractivity (Wildman–Crippen MR) is 52.2 cm³/mol. The van der Waals surface area contributed by atoms with Crippen LogP contribution in [0.2, 0.25) is 0 Å². The summed E-state index contributed by atoms with van der Waals surface area (Å²) in [6, 6.07) is 8.30. The summed E-state index contributed by atoms with van der Waals surface area (Å²) in [5, 5.41) is 3.20. The van der Waals surface area contributed by atoms with E-state index in [9.17, 15) is 0 Å². The highest BCUT2D eigenvalue weighted by Crippen LogP contribution is 2.28. The molecule has 0 saturated heterocycles. The van der Waals surface area contributed by atoms with Crippen LogP contribution in [0.4, 0.5) is 11.4 Å².